The summed E-state index contributed by atoms with van der Waals surface area (Å²) in [5.74, 6) is -2.20. The molecular weight excluding hydrogens is 193 g/mol. The second-order valence-corrected chi connectivity index (χ2v) is 1.88. The molecule has 1 unspecified atom stereocenters. The monoisotopic (exact) mass is 205 g/mol. The van der Waals surface area contributed by atoms with Crippen molar-refractivity contribution in [3.8, 4) is 0 Å². The van der Waals surface area contributed by atoms with E-state index in [9.17, 15) is 9.59 Å². The van der Waals surface area contributed by atoms with Crippen LogP contribution in [0.25, 0.3) is 0 Å². The molecule has 0 radical (unpaired) electrons. The van der Waals surface area contributed by atoms with Gasteiger partial charge in [0, 0.05) is 6.42 Å². The Morgan fingerprint density at radius 1 is 1.33 bits per heavy atom. The van der Waals surface area contributed by atoms with Crippen molar-refractivity contribution < 1.29 is 25.3 Å². The van der Waals surface area contributed by atoms with Crippen molar-refractivity contribution in [3.05, 3.63) is 0 Å². The van der Waals surface area contributed by atoms with Crippen molar-refractivity contribution in [2.45, 2.75) is 18.9 Å². The first-order valence-electron chi connectivity index (χ1n) is 2.74. The number of hydrogen-bond acceptors (Lipinski definition) is 3. The molecule has 0 heterocycles. The van der Waals surface area contributed by atoms with E-state index in [1.807, 2.05) is 0 Å². The second-order valence-electron chi connectivity index (χ2n) is 1.88. The van der Waals surface area contributed by atoms with Crippen molar-refractivity contribution in [2.75, 3.05) is 0 Å². The predicted octanol–water partition coefficient (Wildman–Crippen LogP) is -2.21. The van der Waals surface area contributed by atoms with Gasteiger partial charge in [-0.2, -0.15) is 0 Å². The first-order chi connectivity index (χ1) is 4.54. The van der Waals surface area contributed by atoms with E-state index >= 15 is 0 Å². The SMILES string of the molecule is NC(CCC(=O)O)C(=O)O.O.[KH]. The molecule has 12 heavy (non-hydrogen) atoms. The molecule has 6 nitrogen and oxygen atoms in total. The maximum absolute atomic E-state index is 9.99. The minimum absolute atomic E-state index is 0. The Morgan fingerprint density at radius 2 is 1.75 bits per heavy atom. The molecule has 0 aromatic rings. The van der Waals surface area contributed by atoms with Gasteiger partial charge in [0.1, 0.15) is 6.04 Å². The van der Waals surface area contributed by atoms with Crippen molar-refractivity contribution >= 4 is 63.3 Å². The Morgan fingerprint density at radius 3 is 2.00 bits per heavy atom. The summed E-state index contributed by atoms with van der Waals surface area (Å²) in [7, 11) is 0. The fourth-order valence-electron chi connectivity index (χ4n) is 0.402. The zero-order valence-corrected chi connectivity index (χ0v) is 5.78. The van der Waals surface area contributed by atoms with Gasteiger partial charge in [-0.15, -0.1) is 0 Å². The third-order valence-electron chi connectivity index (χ3n) is 0.986. The molecule has 0 amide bonds. The van der Waals surface area contributed by atoms with Crippen LogP contribution in [0.5, 0.6) is 0 Å². The fraction of sp³-hybridized carbons (Fsp3) is 0.600. The van der Waals surface area contributed by atoms with E-state index in [-0.39, 0.29) is 69.7 Å². The second kappa shape index (κ2) is 9.58. The molecule has 7 heteroatoms. The van der Waals surface area contributed by atoms with Gasteiger partial charge >= 0.3 is 63.3 Å². The molecule has 0 bridgehead atoms. The van der Waals surface area contributed by atoms with Gasteiger partial charge in [0.2, 0.25) is 0 Å². The van der Waals surface area contributed by atoms with Crippen LogP contribution in [0.1, 0.15) is 12.8 Å². The summed E-state index contributed by atoms with van der Waals surface area (Å²) in [4.78, 5) is 19.9. The Bertz CT molecular complexity index is 151. The van der Waals surface area contributed by atoms with Gasteiger partial charge in [0.05, 0.1) is 0 Å². The van der Waals surface area contributed by atoms with Crippen LogP contribution in [-0.4, -0.2) is 85.1 Å². The van der Waals surface area contributed by atoms with Gasteiger partial charge < -0.3 is 21.4 Å². The number of carboxylic acids is 2. The summed E-state index contributed by atoms with van der Waals surface area (Å²) in [5, 5.41) is 16.3. The molecule has 0 aliphatic carbocycles. The molecular formula is C5H12KNO5. The average Bonchev–Trinajstić information content (AvgIpc) is 1.82. The molecule has 0 aromatic heterocycles. The number of aliphatic carboxylic acids is 2. The summed E-state index contributed by atoms with van der Waals surface area (Å²) >= 11 is 0. The Balaban J connectivity index is -0.000000405. The fourth-order valence-corrected chi connectivity index (χ4v) is 0.402. The van der Waals surface area contributed by atoms with Crippen LogP contribution in [0.3, 0.4) is 0 Å². The van der Waals surface area contributed by atoms with Gasteiger partial charge in [0.25, 0.3) is 0 Å². The van der Waals surface area contributed by atoms with E-state index in [1.54, 1.807) is 0 Å². The van der Waals surface area contributed by atoms with E-state index in [2.05, 4.69) is 0 Å². The van der Waals surface area contributed by atoms with Crippen LogP contribution >= 0.6 is 0 Å². The van der Waals surface area contributed by atoms with Crippen LogP contribution in [0.4, 0.5) is 0 Å². The van der Waals surface area contributed by atoms with Crippen molar-refractivity contribution in [3.63, 3.8) is 0 Å². The topological polar surface area (TPSA) is 132 Å². The third-order valence-corrected chi connectivity index (χ3v) is 0.986. The molecule has 0 rings (SSSR count). The molecule has 6 N–H and O–H groups in total. The summed E-state index contributed by atoms with van der Waals surface area (Å²) in [6.45, 7) is 0. The summed E-state index contributed by atoms with van der Waals surface area (Å²) in [6.07, 6.45) is -0.224. The van der Waals surface area contributed by atoms with E-state index < -0.39 is 18.0 Å². The van der Waals surface area contributed by atoms with Gasteiger partial charge in [-0.05, 0) is 6.42 Å². The van der Waals surface area contributed by atoms with Crippen LogP contribution in [0.2, 0.25) is 0 Å². The Kier molecular flexibility index (Phi) is 14.6. The van der Waals surface area contributed by atoms with Crippen LogP contribution in [0, 0.1) is 0 Å². The van der Waals surface area contributed by atoms with Crippen LogP contribution < -0.4 is 5.73 Å². The quantitative estimate of drug-likeness (QED) is 0.447. The summed E-state index contributed by atoms with van der Waals surface area (Å²) in [6, 6.07) is -1.06. The summed E-state index contributed by atoms with van der Waals surface area (Å²) in [5.41, 5.74) is 5.00. The number of carbonyl (C=O) groups is 2. The predicted molar refractivity (Wildman–Crippen MR) is 43.2 cm³/mol. The zero-order chi connectivity index (χ0) is 8.15. The van der Waals surface area contributed by atoms with E-state index in [0.29, 0.717) is 0 Å². The van der Waals surface area contributed by atoms with Crippen LogP contribution in [0.15, 0.2) is 0 Å². The molecule has 0 aliphatic rings. The van der Waals surface area contributed by atoms with Gasteiger partial charge in [0.15, 0.2) is 0 Å². The molecule has 0 aromatic carbocycles. The molecule has 0 aliphatic heterocycles. The van der Waals surface area contributed by atoms with Crippen molar-refractivity contribution in [1.82, 2.24) is 0 Å². The first-order valence-corrected chi connectivity index (χ1v) is 2.74. The van der Waals surface area contributed by atoms with Crippen LogP contribution in [-0.2, 0) is 9.59 Å². The average molecular weight is 205 g/mol. The molecule has 68 valence electrons. The van der Waals surface area contributed by atoms with Gasteiger partial charge in [-0.25, -0.2) is 0 Å². The molecule has 0 spiro atoms. The molecule has 0 saturated carbocycles. The zero-order valence-electron chi connectivity index (χ0n) is 5.78. The van der Waals surface area contributed by atoms with E-state index in [4.69, 9.17) is 15.9 Å². The Hall–Kier alpha value is 0.496. The van der Waals surface area contributed by atoms with E-state index in [1.165, 1.54) is 0 Å². The van der Waals surface area contributed by atoms with Crippen molar-refractivity contribution in [1.29, 1.82) is 0 Å². The number of nitrogens with two attached hydrogens (primary N) is 1. The maximum atomic E-state index is 9.99. The number of rotatable bonds is 4. The molecule has 1 atom stereocenters. The first kappa shape index (κ1) is 18.3. The number of carboxylic acid groups (broad SMARTS) is 2. The van der Waals surface area contributed by atoms with Gasteiger partial charge in [-0.1, -0.05) is 0 Å². The Labute approximate surface area is 112 Å². The molecule has 0 saturated heterocycles. The normalized spacial score (nSPS) is 10.4. The summed E-state index contributed by atoms with van der Waals surface area (Å²) < 4.78 is 0. The van der Waals surface area contributed by atoms with Gasteiger partial charge in [-0.3, -0.25) is 9.59 Å². The van der Waals surface area contributed by atoms with E-state index in [0.717, 1.165) is 0 Å². The van der Waals surface area contributed by atoms with Crippen molar-refractivity contribution in [2.24, 2.45) is 5.73 Å². The third kappa shape index (κ3) is 10.5. The number of hydrogen-bond donors (Lipinski definition) is 3. The molecule has 0 fully saturated rings. The minimum atomic E-state index is -1.17. The standard InChI is InChI=1S/C5H9NO4.K.H2O.H/c6-3(5(9)10)1-2-4(7)8;;;/h3H,1-2,6H2,(H,7,8)(H,9,10);;1H2;.